The first kappa shape index (κ1) is 20.2. The lowest BCUT2D eigenvalue weighted by molar-refractivity contribution is -0.143. The summed E-state index contributed by atoms with van der Waals surface area (Å²) in [5, 5.41) is 9.55. The number of carbonyl (C=O) groups excluding carboxylic acids is 2. The minimum absolute atomic E-state index is 0.0172. The van der Waals surface area contributed by atoms with Crippen LogP contribution >= 0.6 is 0 Å². The third-order valence-electron chi connectivity index (χ3n) is 4.31. The van der Waals surface area contributed by atoms with Crippen molar-refractivity contribution in [3.63, 3.8) is 0 Å². The minimum Gasteiger partial charge on any atom is -0.480 e. The van der Waals surface area contributed by atoms with Crippen LogP contribution in [0.25, 0.3) is 11.1 Å². The molecule has 0 saturated heterocycles. The summed E-state index contributed by atoms with van der Waals surface area (Å²) in [4.78, 5) is 37.0. The van der Waals surface area contributed by atoms with Crippen molar-refractivity contribution in [2.24, 2.45) is 5.73 Å². The van der Waals surface area contributed by atoms with Crippen molar-refractivity contribution in [1.82, 2.24) is 4.90 Å². The second-order valence-corrected chi connectivity index (χ2v) is 6.61. The van der Waals surface area contributed by atoms with Gasteiger partial charge in [-0.3, -0.25) is 9.59 Å². The second kappa shape index (κ2) is 8.98. The Hall–Kier alpha value is -3.15. The van der Waals surface area contributed by atoms with Crippen LogP contribution in [0.3, 0.4) is 0 Å². The smallest absolute Gasteiger partial charge is 0.326 e. The molecule has 2 aromatic rings. The zero-order chi connectivity index (χ0) is 20.0. The van der Waals surface area contributed by atoms with E-state index < -0.39 is 17.9 Å². The van der Waals surface area contributed by atoms with Crippen LogP contribution in [0.1, 0.15) is 37.0 Å². The van der Waals surface area contributed by atoms with Crippen molar-refractivity contribution in [3.05, 3.63) is 60.2 Å². The zero-order valence-corrected chi connectivity index (χ0v) is 15.5. The summed E-state index contributed by atoms with van der Waals surface area (Å²) in [6.07, 6.45) is -0.114. The average Bonchev–Trinajstić information content (AvgIpc) is 2.64. The maximum absolute atomic E-state index is 13.0. The Morgan fingerprint density at radius 2 is 1.52 bits per heavy atom. The third-order valence-corrected chi connectivity index (χ3v) is 4.31. The Bertz CT molecular complexity index is 801. The lowest BCUT2D eigenvalue weighted by atomic mass is 10.0. The molecule has 0 heterocycles. The molecule has 2 rings (SSSR count). The summed E-state index contributed by atoms with van der Waals surface area (Å²) in [6.45, 7) is 3.49. The van der Waals surface area contributed by atoms with E-state index in [1.165, 1.54) is 4.90 Å². The Morgan fingerprint density at radius 3 is 2.00 bits per heavy atom. The van der Waals surface area contributed by atoms with E-state index in [1.807, 2.05) is 42.5 Å². The van der Waals surface area contributed by atoms with Gasteiger partial charge >= 0.3 is 5.97 Å². The molecule has 0 aliphatic rings. The van der Waals surface area contributed by atoms with Crippen LogP contribution in [-0.2, 0) is 9.59 Å². The fourth-order valence-corrected chi connectivity index (χ4v) is 2.98. The van der Waals surface area contributed by atoms with Gasteiger partial charge < -0.3 is 15.7 Å². The number of carbonyl (C=O) groups is 3. The first-order valence-electron chi connectivity index (χ1n) is 8.80. The van der Waals surface area contributed by atoms with Gasteiger partial charge in [-0.15, -0.1) is 0 Å². The molecule has 2 amide bonds. The monoisotopic (exact) mass is 368 g/mol. The molecule has 0 saturated carbocycles. The summed E-state index contributed by atoms with van der Waals surface area (Å²) < 4.78 is 0. The van der Waals surface area contributed by atoms with Gasteiger partial charge in [0, 0.05) is 18.0 Å². The van der Waals surface area contributed by atoms with Gasteiger partial charge in [0.1, 0.15) is 6.04 Å². The number of amides is 2. The van der Waals surface area contributed by atoms with Crippen LogP contribution in [-0.4, -0.2) is 39.9 Å². The van der Waals surface area contributed by atoms with Gasteiger partial charge in [0.15, 0.2) is 0 Å². The number of nitrogens with zero attached hydrogens (tertiary/aromatic N) is 1. The highest BCUT2D eigenvalue weighted by Gasteiger charge is 2.32. The van der Waals surface area contributed by atoms with Gasteiger partial charge in [-0.1, -0.05) is 42.5 Å². The topological polar surface area (TPSA) is 101 Å². The first-order valence-corrected chi connectivity index (χ1v) is 8.80. The maximum atomic E-state index is 13.0. The Kier molecular flexibility index (Phi) is 6.71. The fourth-order valence-electron chi connectivity index (χ4n) is 2.98. The summed E-state index contributed by atoms with van der Waals surface area (Å²) in [5.41, 5.74) is 7.53. The van der Waals surface area contributed by atoms with E-state index in [2.05, 4.69) is 0 Å². The van der Waals surface area contributed by atoms with Crippen LogP contribution < -0.4 is 5.73 Å². The number of rotatable bonds is 8. The Balaban J connectivity index is 2.27. The second-order valence-electron chi connectivity index (χ2n) is 6.61. The van der Waals surface area contributed by atoms with Gasteiger partial charge in [0.05, 0.1) is 0 Å². The number of hydrogen-bond donors (Lipinski definition) is 2. The molecule has 2 aromatic carbocycles. The number of benzene rings is 2. The van der Waals surface area contributed by atoms with Crippen molar-refractivity contribution in [2.75, 3.05) is 0 Å². The van der Waals surface area contributed by atoms with Gasteiger partial charge in [0.25, 0.3) is 5.91 Å². The number of carboxylic acids is 1. The van der Waals surface area contributed by atoms with E-state index in [0.29, 0.717) is 5.56 Å². The molecule has 0 aromatic heterocycles. The Morgan fingerprint density at radius 1 is 0.963 bits per heavy atom. The SMILES string of the molecule is CC(C)N(C(=O)c1ccc(-c2ccccc2)cc1)[C@@H](CCC(N)=O)C(=O)O. The van der Waals surface area contributed by atoms with E-state index >= 15 is 0 Å². The molecule has 0 bridgehead atoms. The summed E-state index contributed by atoms with van der Waals surface area (Å²) in [7, 11) is 0. The normalized spacial score (nSPS) is 11.8. The number of nitrogens with two attached hydrogens (primary N) is 1. The third kappa shape index (κ3) is 5.17. The van der Waals surface area contributed by atoms with E-state index in [4.69, 9.17) is 5.73 Å². The predicted octanol–water partition coefficient (Wildman–Crippen LogP) is 2.92. The van der Waals surface area contributed by atoms with Crippen molar-refractivity contribution in [1.29, 1.82) is 0 Å². The van der Waals surface area contributed by atoms with Crippen LogP contribution in [0.2, 0.25) is 0 Å². The van der Waals surface area contributed by atoms with Crippen molar-refractivity contribution >= 4 is 17.8 Å². The predicted molar refractivity (Wildman–Crippen MR) is 103 cm³/mol. The van der Waals surface area contributed by atoms with Crippen LogP contribution in [0.15, 0.2) is 54.6 Å². The van der Waals surface area contributed by atoms with Crippen molar-refractivity contribution < 1.29 is 19.5 Å². The van der Waals surface area contributed by atoms with E-state index in [1.54, 1.807) is 26.0 Å². The maximum Gasteiger partial charge on any atom is 0.326 e. The Labute approximate surface area is 158 Å². The molecule has 0 unspecified atom stereocenters. The summed E-state index contributed by atoms with van der Waals surface area (Å²) >= 11 is 0. The fraction of sp³-hybridized carbons (Fsp3) is 0.286. The molecule has 142 valence electrons. The molecule has 0 fully saturated rings. The van der Waals surface area contributed by atoms with Crippen molar-refractivity contribution in [3.8, 4) is 11.1 Å². The molecular weight excluding hydrogens is 344 g/mol. The highest BCUT2D eigenvalue weighted by atomic mass is 16.4. The molecule has 6 heteroatoms. The zero-order valence-electron chi connectivity index (χ0n) is 15.5. The first-order chi connectivity index (χ1) is 12.8. The van der Waals surface area contributed by atoms with Gasteiger partial charge in [-0.25, -0.2) is 4.79 Å². The van der Waals surface area contributed by atoms with Gasteiger partial charge in [0.2, 0.25) is 5.91 Å². The lowest BCUT2D eigenvalue weighted by Crippen LogP contribution is -2.49. The molecule has 0 aliphatic carbocycles. The van der Waals surface area contributed by atoms with E-state index in [-0.39, 0.29) is 24.8 Å². The minimum atomic E-state index is -1.15. The number of hydrogen-bond acceptors (Lipinski definition) is 3. The molecule has 0 aliphatic heterocycles. The molecule has 6 nitrogen and oxygen atoms in total. The molecule has 3 N–H and O–H groups in total. The highest BCUT2D eigenvalue weighted by molar-refractivity contribution is 5.97. The van der Waals surface area contributed by atoms with Gasteiger partial charge in [-0.2, -0.15) is 0 Å². The molecule has 0 radical (unpaired) electrons. The molecule has 1 atom stereocenters. The molecular formula is C21H24N2O4. The standard InChI is InChI=1S/C21H24N2O4/c1-14(2)23(18(21(26)27)12-13-19(22)24)20(25)17-10-8-16(9-11-17)15-6-4-3-5-7-15/h3-11,14,18H,12-13H2,1-2H3,(H2,22,24)(H,26,27)/t18-/m0/s1. The molecule has 27 heavy (non-hydrogen) atoms. The number of primary amides is 1. The molecule has 0 spiro atoms. The van der Waals surface area contributed by atoms with Crippen molar-refractivity contribution in [2.45, 2.75) is 38.8 Å². The summed E-state index contributed by atoms with van der Waals surface area (Å²) in [6, 6.07) is 15.3. The van der Waals surface area contributed by atoms with Gasteiger partial charge in [-0.05, 0) is 43.5 Å². The number of aliphatic carboxylic acids is 1. The highest BCUT2D eigenvalue weighted by Crippen LogP contribution is 2.22. The van der Waals surface area contributed by atoms with E-state index in [9.17, 15) is 19.5 Å². The number of carboxylic acid groups (broad SMARTS) is 1. The lowest BCUT2D eigenvalue weighted by Gasteiger charge is -2.32. The van der Waals surface area contributed by atoms with Crippen LogP contribution in [0, 0.1) is 0 Å². The van der Waals surface area contributed by atoms with Crippen LogP contribution in [0.5, 0.6) is 0 Å². The van der Waals surface area contributed by atoms with E-state index in [0.717, 1.165) is 11.1 Å². The quantitative estimate of drug-likeness (QED) is 0.748. The average molecular weight is 368 g/mol. The largest absolute Gasteiger partial charge is 0.480 e. The van der Waals surface area contributed by atoms with Crippen LogP contribution in [0.4, 0.5) is 0 Å². The summed E-state index contributed by atoms with van der Waals surface area (Å²) in [5.74, 6) is -2.13.